The maximum atomic E-state index is 12.5. The molecule has 1 rings (SSSR count). The minimum absolute atomic E-state index is 0.0658. The highest BCUT2D eigenvalue weighted by molar-refractivity contribution is 7.47. The number of hydrogen-bond acceptors (Lipinski definition) is 4. The smallest absolute Gasteiger partial charge is 0.369 e. The molecule has 1 aliphatic rings. The Labute approximate surface area is 94.5 Å². The van der Waals surface area contributed by atoms with E-state index in [2.05, 4.69) is 4.52 Å². The number of rotatable bonds is 5. The summed E-state index contributed by atoms with van der Waals surface area (Å²) in [6, 6.07) is 0. The predicted molar refractivity (Wildman–Crippen MR) is 55.8 cm³/mol. The number of alkyl halides is 1. The van der Waals surface area contributed by atoms with Crippen LogP contribution in [0.2, 0.25) is 0 Å². The van der Waals surface area contributed by atoms with E-state index in [0.29, 0.717) is 0 Å². The average molecular weight is 256 g/mol. The summed E-state index contributed by atoms with van der Waals surface area (Å²) in [4.78, 5) is 9.04. The number of hydrogen-bond donors (Lipinski definition) is 1. The molecule has 5 atom stereocenters. The molecule has 0 aliphatic carbocycles. The van der Waals surface area contributed by atoms with E-state index in [1.165, 1.54) is 0 Å². The Morgan fingerprint density at radius 2 is 1.94 bits per heavy atom. The highest BCUT2D eigenvalue weighted by Crippen LogP contribution is 2.43. The van der Waals surface area contributed by atoms with E-state index in [1.807, 2.05) is 13.8 Å². The number of phosphoric acid groups is 1. The van der Waals surface area contributed by atoms with Crippen LogP contribution in [0.5, 0.6) is 0 Å². The van der Waals surface area contributed by atoms with Crippen LogP contribution in [0.3, 0.4) is 0 Å². The van der Waals surface area contributed by atoms with Crippen LogP contribution in [0.25, 0.3) is 0 Å². The topological polar surface area (TPSA) is 65.0 Å². The lowest BCUT2D eigenvalue weighted by atomic mass is 9.91. The lowest BCUT2D eigenvalue weighted by Gasteiger charge is -2.17. The van der Waals surface area contributed by atoms with Gasteiger partial charge in [-0.3, -0.25) is 9.05 Å². The third-order valence-electron chi connectivity index (χ3n) is 3.14. The van der Waals surface area contributed by atoms with Crippen molar-refractivity contribution in [1.82, 2.24) is 0 Å². The second-order valence-electron chi connectivity index (χ2n) is 4.03. The third kappa shape index (κ3) is 3.25. The van der Waals surface area contributed by atoms with E-state index in [9.17, 15) is 8.96 Å². The zero-order chi connectivity index (χ0) is 12.3. The van der Waals surface area contributed by atoms with Crippen molar-refractivity contribution >= 4 is 7.82 Å². The van der Waals surface area contributed by atoms with Crippen LogP contribution in [0, 0.1) is 11.8 Å². The number of halogens is 1. The van der Waals surface area contributed by atoms with Gasteiger partial charge < -0.3 is 9.63 Å². The molecule has 0 spiro atoms. The normalized spacial score (nSPS) is 38.6. The highest BCUT2D eigenvalue weighted by atomic mass is 31.2. The van der Waals surface area contributed by atoms with Crippen molar-refractivity contribution < 1.29 is 27.6 Å². The fraction of sp³-hybridized carbons (Fsp3) is 1.00. The van der Waals surface area contributed by atoms with Crippen LogP contribution in [0.1, 0.15) is 13.8 Å². The maximum absolute atomic E-state index is 12.5. The molecule has 0 radical (unpaired) electrons. The molecule has 1 N–H and O–H groups in total. The largest absolute Gasteiger partial charge is 0.472 e. The first-order chi connectivity index (χ1) is 7.41. The second-order valence-corrected chi connectivity index (χ2v) is 5.59. The van der Waals surface area contributed by atoms with Gasteiger partial charge in [-0.25, -0.2) is 8.96 Å². The quantitative estimate of drug-likeness (QED) is 0.759. The molecule has 0 aromatic carbocycles. The third-order valence-corrected chi connectivity index (χ3v) is 4.07. The zero-order valence-electron chi connectivity index (χ0n) is 9.63. The molecule has 2 unspecified atom stereocenters. The molecule has 1 heterocycles. The summed E-state index contributed by atoms with van der Waals surface area (Å²) in [6.45, 7) is 3.18. The Kier molecular flexibility index (Phi) is 4.88. The van der Waals surface area contributed by atoms with Gasteiger partial charge in [-0.15, -0.1) is 0 Å². The first kappa shape index (κ1) is 14.1. The molecule has 0 saturated carbocycles. The molecule has 7 heteroatoms. The summed E-state index contributed by atoms with van der Waals surface area (Å²) in [6.07, 6.45) is -0.824. The molecule has 96 valence electrons. The summed E-state index contributed by atoms with van der Waals surface area (Å²) < 4.78 is 38.0. The Balaban J connectivity index is 2.48. The lowest BCUT2D eigenvalue weighted by Crippen LogP contribution is -2.21. The molecule has 0 aromatic rings. The average Bonchev–Trinajstić information content (AvgIpc) is 2.53. The van der Waals surface area contributed by atoms with E-state index in [4.69, 9.17) is 14.2 Å². The fourth-order valence-corrected chi connectivity index (χ4v) is 2.18. The Morgan fingerprint density at radius 3 is 2.38 bits per heavy atom. The number of ether oxygens (including phenoxy) is 1. The highest BCUT2D eigenvalue weighted by Gasteiger charge is 2.40. The second kappa shape index (κ2) is 5.56. The van der Waals surface area contributed by atoms with Crippen molar-refractivity contribution in [3.8, 4) is 0 Å². The zero-order valence-corrected chi connectivity index (χ0v) is 10.5. The Morgan fingerprint density at radius 1 is 1.38 bits per heavy atom. The van der Waals surface area contributed by atoms with Gasteiger partial charge >= 0.3 is 7.82 Å². The summed E-state index contributed by atoms with van der Waals surface area (Å²) >= 11 is 0. The Hall–Kier alpha value is -0.0000000000000000278. The van der Waals surface area contributed by atoms with Crippen LogP contribution in [-0.2, 0) is 18.3 Å². The molecule has 1 fully saturated rings. The Bertz CT molecular complexity index is 275. The summed E-state index contributed by atoms with van der Waals surface area (Å²) in [7, 11) is -2.88. The van der Waals surface area contributed by atoms with Gasteiger partial charge in [0.1, 0.15) is 6.67 Å². The van der Waals surface area contributed by atoms with E-state index < -0.39 is 20.6 Å². The van der Waals surface area contributed by atoms with Crippen molar-refractivity contribution in [2.45, 2.75) is 26.1 Å². The van der Waals surface area contributed by atoms with Crippen LogP contribution in [0.15, 0.2) is 0 Å². The van der Waals surface area contributed by atoms with Gasteiger partial charge in [0.15, 0.2) is 0 Å². The van der Waals surface area contributed by atoms with Gasteiger partial charge in [0.25, 0.3) is 0 Å². The predicted octanol–water partition coefficient (Wildman–Crippen LogP) is 1.76. The molecule has 1 aliphatic heterocycles. The molecule has 0 bridgehead atoms. The summed E-state index contributed by atoms with van der Waals surface area (Å²) in [5, 5.41) is 0. The van der Waals surface area contributed by atoms with Gasteiger partial charge in [0, 0.05) is 7.11 Å². The first-order valence-corrected chi connectivity index (χ1v) is 6.65. The van der Waals surface area contributed by atoms with Crippen molar-refractivity contribution in [3.63, 3.8) is 0 Å². The van der Waals surface area contributed by atoms with Crippen LogP contribution in [-0.4, -0.2) is 37.5 Å². The molecule has 1 saturated heterocycles. The van der Waals surface area contributed by atoms with E-state index >= 15 is 0 Å². The molecular weight excluding hydrogens is 238 g/mol. The first-order valence-electron chi connectivity index (χ1n) is 5.15. The molecule has 0 amide bonds. The fourth-order valence-electron chi connectivity index (χ4n) is 1.74. The van der Waals surface area contributed by atoms with E-state index in [1.54, 1.807) is 0 Å². The molecule has 5 nitrogen and oxygen atoms in total. The number of phosphoric ester groups is 1. The standard InChI is InChI=1S/C9H18FO5P/c1-6-7(2)9(15-8(6)4-10)5-14-16(11,12)13-3/h6-9H,4-5H2,1-3H3,(H,11,12)/t6?,7-,8+,9-/m1/s1. The maximum Gasteiger partial charge on any atom is 0.472 e. The molecular formula is C9H18FO5P. The van der Waals surface area contributed by atoms with Crippen molar-refractivity contribution in [3.05, 3.63) is 0 Å². The minimum atomic E-state index is -3.97. The van der Waals surface area contributed by atoms with Gasteiger partial charge in [-0.2, -0.15) is 0 Å². The van der Waals surface area contributed by atoms with E-state index in [-0.39, 0.29) is 24.5 Å². The van der Waals surface area contributed by atoms with Crippen LogP contribution < -0.4 is 0 Å². The van der Waals surface area contributed by atoms with Crippen molar-refractivity contribution in [2.75, 3.05) is 20.4 Å². The van der Waals surface area contributed by atoms with Gasteiger partial charge in [-0.1, -0.05) is 13.8 Å². The SMILES string of the molecule is COP(=O)(O)OC[C@H]1O[C@@H](CF)C(C)[C@H]1C. The van der Waals surface area contributed by atoms with Gasteiger partial charge in [-0.05, 0) is 11.8 Å². The minimum Gasteiger partial charge on any atom is -0.369 e. The van der Waals surface area contributed by atoms with Gasteiger partial charge in [0.05, 0.1) is 18.8 Å². The monoisotopic (exact) mass is 256 g/mol. The van der Waals surface area contributed by atoms with Crippen LogP contribution in [0.4, 0.5) is 4.39 Å². The van der Waals surface area contributed by atoms with E-state index in [0.717, 1.165) is 7.11 Å². The molecule has 16 heavy (non-hydrogen) atoms. The molecule has 0 aromatic heterocycles. The summed E-state index contributed by atoms with van der Waals surface area (Å²) in [5.74, 6) is 0.150. The van der Waals surface area contributed by atoms with Gasteiger partial charge in [0.2, 0.25) is 0 Å². The van der Waals surface area contributed by atoms with Crippen LogP contribution >= 0.6 is 7.82 Å². The summed E-state index contributed by atoms with van der Waals surface area (Å²) in [5.41, 5.74) is 0. The van der Waals surface area contributed by atoms with Crippen molar-refractivity contribution in [2.24, 2.45) is 11.8 Å². The van der Waals surface area contributed by atoms with Crippen molar-refractivity contribution in [1.29, 1.82) is 0 Å². The lowest BCUT2D eigenvalue weighted by molar-refractivity contribution is -0.0113.